The van der Waals surface area contributed by atoms with E-state index < -0.39 is 5.97 Å². The third-order valence-corrected chi connectivity index (χ3v) is 4.12. The molecule has 104 valence electrons. The lowest BCUT2D eigenvalue weighted by Gasteiger charge is -2.40. The molecule has 5 heteroatoms. The summed E-state index contributed by atoms with van der Waals surface area (Å²) >= 11 is 3.60. The Kier molecular flexibility index (Phi) is 4.47. The van der Waals surface area contributed by atoms with Gasteiger partial charge in [-0.3, -0.25) is 4.79 Å². The average Bonchev–Trinajstić information content (AvgIpc) is 2.31. The molecule has 0 aromatic heterocycles. The van der Waals surface area contributed by atoms with Crippen molar-refractivity contribution >= 4 is 27.6 Å². The van der Waals surface area contributed by atoms with E-state index >= 15 is 0 Å². The minimum Gasteiger partial charge on any atom is -0.481 e. The van der Waals surface area contributed by atoms with Crippen LogP contribution in [0.2, 0.25) is 0 Å². The lowest BCUT2D eigenvalue weighted by Crippen LogP contribution is -2.56. The van der Waals surface area contributed by atoms with E-state index in [-0.39, 0.29) is 12.5 Å². The zero-order chi connectivity index (χ0) is 14.0. The summed E-state index contributed by atoms with van der Waals surface area (Å²) < 4.78 is 1.07. The van der Waals surface area contributed by atoms with Gasteiger partial charge in [-0.2, -0.15) is 0 Å². The highest BCUT2D eigenvalue weighted by Crippen LogP contribution is 2.30. The van der Waals surface area contributed by atoms with Crippen LogP contribution in [-0.4, -0.2) is 36.2 Å². The van der Waals surface area contributed by atoms with Crippen LogP contribution in [0.25, 0.3) is 0 Å². The van der Waals surface area contributed by atoms with E-state index in [4.69, 9.17) is 5.11 Å². The van der Waals surface area contributed by atoms with E-state index in [0.29, 0.717) is 6.04 Å². The minimum absolute atomic E-state index is 0.00176. The third-order valence-electron chi connectivity index (χ3n) is 3.48. The molecule has 19 heavy (non-hydrogen) atoms. The van der Waals surface area contributed by atoms with Crippen molar-refractivity contribution < 1.29 is 9.90 Å². The van der Waals surface area contributed by atoms with Crippen LogP contribution >= 0.6 is 15.9 Å². The van der Waals surface area contributed by atoms with Crippen LogP contribution in [0.15, 0.2) is 22.7 Å². The molecule has 1 aliphatic heterocycles. The topological polar surface area (TPSA) is 52.6 Å². The van der Waals surface area contributed by atoms with Gasteiger partial charge in [-0.05, 0) is 47.5 Å². The van der Waals surface area contributed by atoms with Gasteiger partial charge in [-0.25, -0.2) is 0 Å². The Morgan fingerprint density at radius 2 is 2.32 bits per heavy atom. The molecule has 0 bridgehead atoms. The number of carboxylic acids is 1. The molecular weight excluding hydrogens is 308 g/mol. The maximum absolute atomic E-state index is 10.8. The van der Waals surface area contributed by atoms with Crippen molar-refractivity contribution in [1.82, 2.24) is 5.32 Å². The van der Waals surface area contributed by atoms with Gasteiger partial charge < -0.3 is 15.3 Å². The predicted octanol–water partition coefficient (Wildman–Crippen LogP) is 2.40. The van der Waals surface area contributed by atoms with Crippen molar-refractivity contribution in [3.8, 4) is 0 Å². The van der Waals surface area contributed by atoms with E-state index in [1.54, 1.807) is 0 Å². The maximum Gasteiger partial charge on any atom is 0.304 e. The number of carboxylic acid groups (broad SMARTS) is 1. The van der Waals surface area contributed by atoms with E-state index in [0.717, 1.165) is 23.2 Å². The molecule has 0 amide bonds. The van der Waals surface area contributed by atoms with Crippen molar-refractivity contribution in [2.75, 3.05) is 18.0 Å². The molecule has 2 atom stereocenters. The van der Waals surface area contributed by atoms with E-state index in [2.05, 4.69) is 58.2 Å². The number of nitrogens with zero attached hydrogens (tertiary/aromatic N) is 1. The smallest absolute Gasteiger partial charge is 0.304 e. The van der Waals surface area contributed by atoms with E-state index in [1.807, 2.05) is 0 Å². The summed E-state index contributed by atoms with van der Waals surface area (Å²) in [5, 5.41) is 12.2. The van der Waals surface area contributed by atoms with Crippen molar-refractivity contribution in [2.45, 2.75) is 32.4 Å². The molecule has 0 spiro atoms. The monoisotopic (exact) mass is 326 g/mol. The molecule has 2 N–H and O–H groups in total. The summed E-state index contributed by atoms with van der Waals surface area (Å²) in [6.07, 6.45) is 0.159. The minimum atomic E-state index is -0.755. The number of anilines is 1. The normalized spacial score (nSPS) is 23.4. The number of carbonyl (C=O) groups is 1. The van der Waals surface area contributed by atoms with Crippen LogP contribution < -0.4 is 10.2 Å². The molecule has 0 radical (unpaired) electrons. The standard InChI is InChI=1S/C14H19BrN2O2/c1-9-3-4-13(12(15)5-9)17-8-11(6-14(18)19)16-7-10(17)2/h3-5,10-11,16H,6-8H2,1-2H3,(H,18,19). The van der Waals surface area contributed by atoms with Crippen LogP contribution in [0.3, 0.4) is 0 Å². The van der Waals surface area contributed by atoms with Gasteiger partial charge in [0.05, 0.1) is 12.1 Å². The van der Waals surface area contributed by atoms with Crippen molar-refractivity contribution in [1.29, 1.82) is 0 Å². The quantitative estimate of drug-likeness (QED) is 0.895. The average molecular weight is 327 g/mol. The first-order valence-corrected chi connectivity index (χ1v) is 7.24. The molecule has 0 aliphatic carbocycles. The van der Waals surface area contributed by atoms with Gasteiger partial charge in [0.2, 0.25) is 0 Å². The molecule has 2 rings (SSSR count). The first kappa shape index (κ1) is 14.3. The SMILES string of the molecule is Cc1ccc(N2CC(CC(=O)O)NCC2C)c(Br)c1. The Hall–Kier alpha value is -1.07. The van der Waals surface area contributed by atoms with Crippen LogP contribution in [0.5, 0.6) is 0 Å². The molecule has 4 nitrogen and oxygen atoms in total. The second-order valence-corrected chi connectivity index (χ2v) is 6.01. The highest BCUT2D eigenvalue weighted by atomic mass is 79.9. The van der Waals surface area contributed by atoms with Crippen molar-refractivity contribution in [3.63, 3.8) is 0 Å². The molecule has 2 unspecified atom stereocenters. The number of halogens is 1. The molecule has 1 saturated heterocycles. The fourth-order valence-electron chi connectivity index (χ4n) is 2.46. The van der Waals surface area contributed by atoms with Gasteiger partial charge in [-0.1, -0.05) is 6.07 Å². The van der Waals surface area contributed by atoms with Gasteiger partial charge in [0.15, 0.2) is 0 Å². The Morgan fingerprint density at radius 1 is 1.58 bits per heavy atom. The highest BCUT2D eigenvalue weighted by Gasteiger charge is 2.27. The first-order chi connectivity index (χ1) is 8.97. The van der Waals surface area contributed by atoms with Crippen LogP contribution in [-0.2, 0) is 4.79 Å². The summed E-state index contributed by atoms with van der Waals surface area (Å²) in [6.45, 7) is 5.73. The molecule has 1 aliphatic rings. The Morgan fingerprint density at radius 3 is 2.95 bits per heavy atom. The van der Waals surface area contributed by atoms with E-state index in [9.17, 15) is 4.79 Å². The Bertz CT molecular complexity index is 479. The number of aryl methyl sites for hydroxylation is 1. The fraction of sp³-hybridized carbons (Fsp3) is 0.500. The van der Waals surface area contributed by atoms with Crippen LogP contribution in [0, 0.1) is 6.92 Å². The lowest BCUT2D eigenvalue weighted by atomic mass is 10.1. The molecular formula is C14H19BrN2O2. The van der Waals surface area contributed by atoms with Gasteiger partial charge in [0, 0.05) is 29.6 Å². The van der Waals surface area contributed by atoms with Gasteiger partial charge >= 0.3 is 5.97 Å². The first-order valence-electron chi connectivity index (χ1n) is 6.45. The summed E-state index contributed by atoms with van der Waals surface area (Å²) in [5.41, 5.74) is 2.34. The second-order valence-electron chi connectivity index (χ2n) is 5.16. The molecule has 1 heterocycles. The largest absolute Gasteiger partial charge is 0.481 e. The predicted molar refractivity (Wildman–Crippen MR) is 79.7 cm³/mol. The lowest BCUT2D eigenvalue weighted by molar-refractivity contribution is -0.137. The van der Waals surface area contributed by atoms with Crippen molar-refractivity contribution in [2.24, 2.45) is 0 Å². The van der Waals surface area contributed by atoms with Gasteiger partial charge in [0.1, 0.15) is 0 Å². The summed E-state index contributed by atoms with van der Waals surface area (Å²) in [7, 11) is 0. The third kappa shape index (κ3) is 3.48. The number of rotatable bonds is 3. The second kappa shape index (κ2) is 5.92. The van der Waals surface area contributed by atoms with Gasteiger partial charge in [0.25, 0.3) is 0 Å². The fourth-order valence-corrected chi connectivity index (χ4v) is 3.18. The number of hydrogen-bond donors (Lipinski definition) is 2. The number of benzene rings is 1. The molecule has 1 fully saturated rings. The number of nitrogens with one attached hydrogen (secondary N) is 1. The number of hydrogen-bond acceptors (Lipinski definition) is 3. The van der Waals surface area contributed by atoms with E-state index in [1.165, 1.54) is 5.56 Å². The number of piperazine rings is 1. The maximum atomic E-state index is 10.8. The summed E-state index contributed by atoms with van der Waals surface area (Å²) in [5.74, 6) is -0.755. The number of aliphatic carboxylic acids is 1. The highest BCUT2D eigenvalue weighted by molar-refractivity contribution is 9.10. The summed E-state index contributed by atoms with van der Waals surface area (Å²) in [4.78, 5) is 13.1. The molecule has 1 aromatic rings. The van der Waals surface area contributed by atoms with Crippen LogP contribution in [0.4, 0.5) is 5.69 Å². The zero-order valence-electron chi connectivity index (χ0n) is 11.2. The molecule has 0 saturated carbocycles. The molecule has 1 aromatic carbocycles. The van der Waals surface area contributed by atoms with Crippen LogP contribution in [0.1, 0.15) is 18.9 Å². The summed E-state index contributed by atoms with van der Waals surface area (Å²) in [6, 6.07) is 6.63. The van der Waals surface area contributed by atoms with Gasteiger partial charge in [-0.15, -0.1) is 0 Å². The Labute approximate surface area is 121 Å². The Balaban J connectivity index is 2.18. The van der Waals surface area contributed by atoms with Crippen molar-refractivity contribution in [3.05, 3.63) is 28.2 Å². The zero-order valence-corrected chi connectivity index (χ0v) is 12.8.